The largest absolute Gasteiger partial charge is 0.378 e. The van der Waals surface area contributed by atoms with E-state index in [1.165, 1.54) is 38.5 Å². The van der Waals surface area contributed by atoms with Crippen molar-refractivity contribution >= 4 is 5.96 Å². The molecule has 0 aromatic heterocycles. The molecule has 0 spiro atoms. The quantitative estimate of drug-likeness (QED) is 0.409. The Labute approximate surface area is 160 Å². The van der Waals surface area contributed by atoms with Crippen molar-refractivity contribution in [2.75, 3.05) is 33.4 Å². The molecular weight excluding hydrogens is 326 g/mol. The van der Waals surface area contributed by atoms with Crippen molar-refractivity contribution in [2.24, 2.45) is 16.3 Å². The average molecular weight is 368 g/mol. The molecule has 2 aliphatic rings. The van der Waals surface area contributed by atoms with Crippen molar-refractivity contribution < 1.29 is 9.47 Å². The van der Waals surface area contributed by atoms with Gasteiger partial charge in [-0.15, -0.1) is 0 Å². The topological polar surface area (TPSA) is 54.9 Å². The van der Waals surface area contributed by atoms with Crippen molar-refractivity contribution in [1.29, 1.82) is 0 Å². The Morgan fingerprint density at radius 2 is 1.85 bits per heavy atom. The molecule has 2 atom stereocenters. The Hall–Kier alpha value is -0.810. The fourth-order valence-electron chi connectivity index (χ4n) is 4.22. The monoisotopic (exact) mass is 367 g/mol. The molecule has 2 fully saturated rings. The van der Waals surface area contributed by atoms with E-state index in [-0.39, 0.29) is 5.41 Å². The van der Waals surface area contributed by atoms with E-state index in [4.69, 9.17) is 9.47 Å². The van der Waals surface area contributed by atoms with Gasteiger partial charge < -0.3 is 20.1 Å². The van der Waals surface area contributed by atoms with Crippen LogP contribution in [0.25, 0.3) is 0 Å². The lowest BCUT2D eigenvalue weighted by Gasteiger charge is -2.40. The first kappa shape index (κ1) is 21.5. The van der Waals surface area contributed by atoms with Gasteiger partial charge in [0.25, 0.3) is 0 Å². The molecule has 1 saturated carbocycles. The van der Waals surface area contributed by atoms with E-state index in [1.54, 1.807) is 0 Å². The van der Waals surface area contributed by atoms with Crippen molar-refractivity contribution in [3.63, 3.8) is 0 Å². The second kappa shape index (κ2) is 11.1. The van der Waals surface area contributed by atoms with Gasteiger partial charge in [-0.25, -0.2) is 0 Å². The lowest BCUT2D eigenvalue weighted by molar-refractivity contribution is -0.0835. The van der Waals surface area contributed by atoms with E-state index in [0.29, 0.717) is 18.1 Å². The van der Waals surface area contributed by atoms with Gasteiger partial charge in [0, 0.05) is 39.3 Å². The van der Waals surface area contributed by atoms with Crippen molar-refractivity contribution in [2.45, 2.75) is 84.3 Å². The molecule has 5 nitrogen and oxygen atoms in total. The van der Waals surface area contributed by atoms with Crippen LogP contribution in [0.4, 0.5) is 0 Å². The summed E-state index contributed by atoms with van der Waals surface area (Å²) in [4.78, 5) is 4.36. The maximum absolute atomic E-state index is 6.07. The summed E-state index contributed by atoms with van der Waals surface area (Å²) >= 11 is 0. The Balaban J connectivity index is 1.62. The zero-order valence-corrected chi connectivity index (χ0v) is 17.5. The summed E-state index contributed by atoms with van der Waals surface area (Å²) in [6, 6.07) is 0. The Bertz CT molecular complexity index is 414. The van der Waals surface area contributed by atoms with Crippen LogP contribution < -0.4 is 10.6 Å². The molecule has 1 aliphatic heterocycles. The summed E-state index contributed by atoms with van der Waals surface area (Å²) in [5.74, 6) is 1.43. The smallest absolute Gasteiger partial charge is 0.190 e. The minimum atomic E-state index is 0.181. The van der Waals surface area contributed by atoms with Gasteiger partial charge in [0.2, 0.25) is 0 Å². The highest BCUT2D eigenvalue weighted by Crippen LogP contribution is 2.33. The first-order valence-electron chi connectivity index (χ1n) is 10.7. The third-order valence-electron chi connectivity index (χ3n) is 5.57. The van der Waals surface area contributed by atoms with Gasteiger partial charge in [-0.2, -0.15) is 0 Å². The molecule has 26 heavy (non-hydrogen) atoms. The van der Waals surface area contributed by atoms with Crippen molar-refractivity contribution in [1.82, 2.24) is 10.6 Å². The van der Waals surface area contributed by atoms with E-state index in [0.717, 1.165) is 45.1 Å². The molecule has 0 aromatic carbocycles. The molecule has 2 unspecified atom stereocenters. The van der Waals surface area contributed by atoms with Crippen LogP contribution in [0.5, 0.6) is 0 Å². The normalized spacial score (nSPS) is 25.9. The number of guanidine groups is 1. The number of rotatable bonds is 7. The van der Waals surface area contributed by atoms with Crippen LogP contribution in [0.2, 0.25) is 0 Å². The van der Waals surface area contributed by atoms with Gasteiger partial charge >= 0.3 is 0 Å². The third kappa shape index (κ3) is 7.43. The van der Waals surface area contributed by atoms with Crippen LogP contribution in [0.3, 0.4) is 0 Å². The van der Waals surface area contributed by atoms with Crippen LogP contribution in [0.15, 0.2) is 4.99 Å². The first-order valence-corrected chi connectivity index (χ1v) is 10.7. The molecule has 152 valence electrons. The molecule has 0 aromatic rings. The zero-order valence-electron chi connectivity index (χ0n) is 17.5. The number of ether oxygens (including phenoxy) is 2. The molecule has 2 rings (SSSR count). The lowest BCUT2D eigenvalue weighted by atomic mass is 9.78. The minimum absolute atomic E-state index is 0.181. The van der Waals surface area contributed by atoms with Gasteiger partial charge in [-0.1, -0.05) is 40.0 Å². The summed E-state index contributed by atoms with van der Waals surface area (Å²) in [5.41, 5.74) is 0.181. The Morgan fingerprint density at radius 1 is 1.08 bits per heavy atom. The summed E-state index contributed by atoms with van der Waals surface area (Å²) < 4.78 is 12.1. The van der Waals surface area contributed by atoms with E-state index >= 15 is 0 Å². The summed E-state index contributed by atoms with van der Waals surface area (Å²) in [7, 11) is 1.84. The highest BCUT2D eigenvalue weighted by Gasteiger charge is 2.35. The van der Waals surface area contributed by atoms with Gasteiger partial charge in [0.1, 0.15) is 0 Å². The van der Waals surface area contributed by atoms with Crippen molar-refractivity contribution in [3.05, 3.63) is 0 Å². The second-order valence-corrected chi connectivity index (χ2v) is 8.92. The number of aliphatic imine (C=N–C) groups is 1. The van der Waals surface area contributed by atoms with Crippen LogP contribution >= 0.6 is 0 Å². The number of nitrogens with one attached hydrogen (secondary N) is 2. The standard InChI is InChI=1S/C21H41N3O2/c1-21(2,3)19-17(10-8-14-26-19)16-24-20(22-4)23-13-9-15-25-18-11-6-5-7-12-18/h17-19H,5-16H2,1-4H3,(H2,22,23,24). The average Bonchev–Trinajstić information content (AvgIpc) is 2.64. The highest BCUT2D eigenvalue weighted by atomic mass is 16.5. The summed E-state index contributed by atoms with van der Waals surface area (Å²) in [5, 5.41) is 6.92. The number of hydrogen-bond acceptors (Lipinski definition) is 3. The highest BCUT2D eigenvalue weighted by molar-refractivity contribution is 5.79. The third-order valence-corrected chi connectivity index (χ3v) is 5.57. The minimum Gasteiger partial charge on any atom is -0.378 e. The van der Waals surface area contributed by atoms with Gasteiger partial charge in [-0.3, -0.25) is 4.99 Å². The number of nitrogens with zero attached hydrogens (tertiary/aromatic N) is 1. The van der Waals surface area contributed by atoms with Gasteiger partial charge in [-0.05, 0) is 37.5 Å². The summed E-state index contributed by atoms with van der Waals surface area (Å²) in [6.07, 6.45) is 10.8. The van der Waals surface area contributed by atoms with E-state index in [2.05, 4.69) is 36.4 Å². The molecule has 1 saturated heterocycles. The summed E-state index contributed by atoms with van der Waals surface area (Å²) in [6.45, 7) is 10.4. The molecule has 0 amide bonds. The van der Waals surface area contributed by atoms with Crippen LogP contribution in [-0.2, 0) is 9.47 Å². The first-order chi connectivity index (χ1) is 12.5. The predicted molar refractivity (Wildman–Crippen MR) is 109 cm³/mol. The fourth-order valence-corrected chi connectivity index (χ4v) is 4.22. The van der Waals surface area contributed by atoms with Crippen LogP contribution in [0.1, 0.15) is 72.1 Å². The predicted octanol–water partition coefficient (Wildman–Crippen LogP) is 3.73. The van der Waals surface area contributed by atoms with Crippen molar-refractivity contribution in [3.8, 4) is 0 Å². The Kier molecular flexibility index (Phi) is 9.20. The molecule has 1 aliphatic carbocycles. The molecule has 1 heterocycles. The second-order valence-electron chi connectivity index (χ2n) is 8.92. The maximum atomic E-state index is 6.07. The van der Waals surface area contributed by atoms with Crippen LogP contribution in [0, 0.1) is 11.3 Å². The van der Waals surface area contributed by atoms with E-state index in [9.17, 15) is 0 Å². The molecular formula is C21H41N3O2. The molecule has 0 bridgehead atoms. The van der Waals surface area contributed by atoms with E-state index in [1.807, 2.05) is 7.05 Å². The Morgan fingerprint density at radius 3 is 2.54 bits per heavy atom. The molecule has 0 radical (unpaired) electrons. The molecule has 5 heteroatoms. The van der Waals surface area contributed by atoms with Gasteiger partial charge in [0.15, 0.2) is 5.96 Å². The number of hydrogen-bond donors (Lipinski definition) is 2. The molecule has 2 N–H and O–H groups in total. The van der Waals surface area contributed by atoms with Crippen LogP contribution in [-0.4, -0.2) is 51.5 Å². The maximum Gasteiger partial charge on any atom is 0.190 e. The lowest BCUT2D eigenvalue weighted by Crippen LogP contribution is -2.47. The van der Waals surface area contributed by atoms with E-state index < -0.39 is 0 Å². The SMILES string of the molecule is CN=C(NCCCOC1CCCCC1)NCC1CCCOC1C(C)(C)C. The van der Waals surface area contributed by atoms with Gasteiger partial charge in [0.05, 0.1) is 12.2 Å². The zero-order chi connectivity index (χ0) is 18.8. The fraction of sp³-hybridized carbons (Fsp3) is 0.952.